The van der Waals surface area contributed by atoms with Gasteiger partial charge in [-0.1, -0.05) is 30.3 Å². The number of ether oxygens (including phenoxy) is 3. The molecule has 2 heterocycles. The van der Waals surface area contributed by atoms with Crippen LogP contribution in [0.4, 0.5) is 0 Å². The molecule has 1 aromatic heterocycles. The molecule has 0 aliphatic carbocycles. The number of benzene rings is 3. The summed E-state index contributed by atoms with van der Waals surface area (Å²) in [4.78, 5) is 25.8. The van der Waals surface area contributed by atoms with Gasteiger partial charge in [0, 0.05) is 23.1 Å². The van der Waals surface area contributed by atoms with Gasteiger partial charge in [0.25, 0.3) is 0 Å². The number of carbonyl (C=O) groups is 1. The zero-order valence-corrected chi connectivity index (χ0v) is 18.0. The number of para-hydroxylation sites is 1. The van der Waals surface area contributed by atoms with Crippen LogP contribution < -0.4 is 19.6 Å². The van der Waals surface area contributed by atoms with Crippen LogP contribution >= 0.6 is 0 Å². The number of carbonyl (C=O) groups excluding carboxylic acids is 1. The summed E-state index contributed by atoms with van der Waals surface area (Å²) >= 11 is 0. The lowest BCUT2D eigenvalue weighted by atomic mass is 9.85. The number of rotatable bonds is 4. The molecule has 1 N–H and O–H groups in total. The van der Waals surface area contributed by atoms with Crippen LogP contribution in [0, 0.1) is 0 Å². The molecular formula is C26H20O7. The summed E-state index contributed by atoms with van der Waals surface area (Å²) in [6, 6.07) is 15.7. The lowest BCUT2D eigenvalue weighted by molar-refractivity contribution is -0.135. The van der Waals surface area contributed by atoms with Crippen molar-refractivity contribution in [2.75, 3.05) is 14.2 Å². The Hall–Kier alpha value is -4.26. The number of fused-ring (bicyclic) bond motifs is 3. The van der Waals surface area contributed by atoms with Gasteiger partial charge >= 0.3 is 5.97 Å². The van der Waals surface area contributed by atoms with Crippen LogP contribution in [-0.4, -0.2) is 25.3 Å². The minimum absolute atomic E-state index is 0.0219. The number of phenols is 1. The zero-order chi connectivity index (χ0) is 23.1. The Kier molecular flexibility index (Phi) is 5.01. The Balaban J connectivity index is 1.76. The molecule has 1 aliphatic rings. The monoisotopic (exact) mass is 444 g/mol. The van der Waals surface area contributed by atoms with E-state index in [9.17, 15) is 14.7 Å². The minimum Gasteiger partial charge on any atom is -0.507 e. The molecule has 4 aromatic rings. The molecule has 0 radical (unpaired) electrons. The molecule has 1 aliphatic heterocycles. The van der Waals surface area contributed by atoms with E-state index in [2.05, 4.69) is 0 Å². The normalized spacial score (nSPS) is 15.1. The van der Waals surface area contributed by atoms with Crippen LogP contribution in [0.1, 0.15) is 23.5 Å². The fourth-order valence-electron chi connectivity index (χ4n) is 4.31. The predicted octanol–water partition coefficient (Wildman–Crippen LogP) is 4.62. The summed E-state index contributed by atoms with van der Waals surface area (Å²) in [6.07, 6.45) is 1.42. The largest absolute Gasteiger partial charge is 0.507 e. The Bertz CT molecular complexity index is 1430. The lowest BCUT2D eigenvalue weighted by Crippen LogP contribution is -2.22. The first kappa shape index (κ1) is 20.6. The van der Waals surface area contributed by atoms with Crippen molar-refractivity contribution >= 4 is 16.9 Å². The Morgan fingerprint density at radius 3 is 2.45 bits per heavy atom. The first-order valence-corrected chi connectivity index (χ1v) is 10.3. The second-order valence-corrected chi connectivity index (χ2v) is 7.69. The van der Waals surface area contributed by atoms with Gasteiger partial charge in [-0.2, -0.15) is 0 Å². The van der Waals surface area contributed by atoms with Crippen molar-refractivity contribution in [3.8, 4) is 34.1 Å². The van der Waals surface area contributed by atoms with Crippen molar-refractivity contribution in [1.29, 1.82) is 0 Å². The SMILES string of the molecule is COc1ccc([C@@H]2CC(=O)Oc3cc(O)c4c(=O)c(-c5ccccc5OC)coc4c32)cc1. The highest BCUT2D eigenvalue weighted by Crippen LogP contribution is 2.46. The summed E-state index contributed by atoms with van der Waals surface area (Å²) in [7, 11) is 3.09. The molecular weight excluding hydrogens is 424 g/mol. The van der Waals surface area contributed by atoms with Crippen molar-refractivity contribution in [2.24, 2.45) is 0 Å². The highest BCUT2D eigenvalue weighted by molar-refractivity contribution is 5.94. The number of aromatic hydroxyl groups is 1. The van der Waals surface area contributed by atoms with E-state index in [-0.39, 0.29) is 34.5 Å². The first-order valence-electron chi connectivity index (χ1n) is 10.3. The fraction of sp³-hybridized carbons (Fsp3) is 0.154. The van der Waals surface area contributed by atoms with Gasteiger partial charge in [0.05, 0.1) is 26.2 Å². The second-order valence-electron chi connectivity index (χ2n) is 7.69. The number of methoxy groups -OCH3 is 2. The van der Waals surface area contributed by atoms with E-state index < -0.39 is 17.3 Å². The molecule has 0 amide bonds. The maximum atomic E-state index is 13.5. The molecule has 3 aromatic carbocycles. The Morgan fingerprint density at radius 1 is 0.970 bits per heavy atom. The third-order valence-electron chi connectivity index (χ3n) is 5.89. The molecule has 0 fully saturated rings. The van der Waals surface area contributed by atoms with Gasteiger partial charge in [-0.25, -0.2) is 0 Å². The van der Waals surface area contributed by atoms with Gasteiger partial charge in [-0.3, -0.25) is 9.59 Å². The van der Waals surface area contributed by atoms with E-state index in [1.54, 1.807) is 43.5 Å². The van der Waals surface area contributed by atoms with E-state index in [4.69, 9.17) is 18.6 Å². The first-order chi connectivity index (χ1) is 16.0. The molecule has 5 rings (SSSR count). The molecule has 166 valence electrons. The summed E-state index contributed by atoms with van der Waals surface area (Å²) in [6.45, 7) is 0. The Labute approximate surface area is 188 Å². The average molecular weight is 444 g/mol. The highest BCUT2D eigenvalue weighted by Gasteiger charge is 2.33. The van der Waals surface area contributed by atoms with Crippen LogP contribution in [0.25, 0.3) is 22.1 Å². The quantitative estimate of drug-likeness (QED) is 0.362. The van der Waals surface area contributed by atoms with E-state index in [1.807, 2.05) is 12.1 Å². The van der Waals surface area contributed by atoms with Crippen molar-refractivity contribution < 1.29 is 28.5 Å². The number of esters is 1. The molecule has 0 bridgehead atoms. The van der Waals surface area contributed by atoms with Gasteiger partial charge in [0.1, 0.15) is 40.2 Å². The van der Waals surface area contributed by atoms with Crippen LogP contribution in [0.15, 0.2) is 70.1 Å². The van der Waals surface area contributed by atoms with Gasteiger partial charge in [0.15, 0.2) is 0 Å². The fourth-order valence-corrected chi connectivity index (χ4v) is 4.31. The van der Waals surface area contributed by atoms with E-state index in [0.717, 1.165) is 5.56 Å². The highest BCUT2D eigenvalue weighted by atomic mass is 16.5. The number of phenolic OH excluding ortho intramolecular Hbond substituents is 1. The number of hydrogen-bond donors (Lipinski definition) is 1. The summed E-state index contributed by atoms with van der Waals surface area (Å²) in [5.74, 6) is 0.181. The molecule has 33 heavy (non-hydrogen) atoms. The second kappa shape index (κ2) is 8.02. The van der Waals surface area contributed by atoms with Crippen molar-refractivity contribution in [1.82, 2.24) is 0 Å². The third-order valence-corrected chi connectivity index (χ3v) is 5.89. The van der Waals surface area contributed by atoms with E-state index in [1.165, 1.54) is 19.4 Å². The van der Waals surface area contributed by atoms with Crippen molar-refractivity contribution in [3.63, 3.8) is 0 Å². The molecule has 0 spiro atoms. The molecule has 0 saturated heterocycles. The minimum atomic E-state index is -0.435. The summed E-state index contributed by atoms with van der Waals surface area (Å²) in [5.41, 5.74) is 1.94. The maximum Gasteiger partial charge on any atom is 0.312 e. The average Bonchev–Trinajstić information content (AvgIpc) is 2.83. The van der Waals surface area contributed by atoms with E-state index in [0.29, 0.717) is 22.6 Å². The topological polar surface area (TPSA) is 95.2 Å². The Morgan fingerprint density at radius 2 is 1.73 bits per heavy atom. The standard InChI is InChI=1S/C26H20O7/c1-30-15-9-7-14(8-10-15)17-11-22(28)33-21-12-19(27)24-25(29)18(13-32-26(24)23(17)21)16-5-3-4-6-20(16)31-2/h3-10,12-13,17,27H,11H2,1-2H3/t17-/m0/s1. The summed E-state index contributed by atoms with van der Waals surface area (Å²) < 4.78 is 22.0. The van der Waals surface area contributed by atoms with Gasteiger partial charge in [-0.15, -0.1) is 0 Å². The van der Waals surface area contributed by atoms with Gasteiger partial charge in [-0.05, 0) is 23.8 Å². The molecule has 1 atom stereocenters. The maximum absolute atomic E-state index is 13.5. The zero-order valence-electron chi connectivity index (χ0n) is 18.0. The number of hydrogen-bond acceptors (Lipinski definition) is 7. The van der Waals surface area contributed by atoms with Crippen LogP contribution in [0.5, 0.6) is 23.0 Å². The van der Waals surface area contributed by atoms with Crippen LogP contribution in [-0.2, 0) is 4.79 Å². The molecule has 0 saturated carbocycles. The van der Waals surface area contributed by atoms with Crippen molar-refractivity contribution in [3.05, 3.63) is 82.2 Å². The summed E-state index contributed by atoms with van der Waals surface area (Å²) in [5, 5.41) is 10.7. The molecule has 7 heteroatoms. The van der Waals surface area contributed by atoms with E-state index >= 15 is 0 Å². The van der Waals surface area contributed by atoms with Crippen LogP contribution in [0.3, 0.4) is 0 Å². The lowest BCUT2D eigenvalue weighted by Gasteiger charge is -2.26. The smallest absolute Gasteiger partial charge is 0.312 e. The van der Waals surface area contributed by atoms with Crippen LogP contribution in [0.2, 0.25) is 0 Å². The third kappa shape index (κ3) is 3.38. The molecule has 7 nitrogen and oxygen atoms in total. The predicted molar refractivity (Wildman–Crippen MR) is 121 cm³/mol. The van der Waals surface area contributed by atoms with Gasteiger partial charge < -0.3 is 23.7 Å². The molecule has 0 unspecified atom stereocenters. The van der Waals surface area contributed by atoms with Crippen molar-refractivity contribution in [2.45, 2.75) is 12.3 Å². The van der Waals surface area contributed by atoms with Gasteiger partial charge in [0.2, 0.25) is 5.43 Å².